The molecule has 3 nitrogen and oxygen atoms in total. The number of carbonyl (C=O) groups is 1. The van der Waals surface area contributed by atoms with Gasteiger partial charge >= 0.3 is 6.18 Å². The van der Waals surface area contributed by atoms with E-state index in [0.717, 1.165) is 22.3 Å². The molecule has 6 heteroatoms. The van der Waals surface area contributed by atoms with Gasteiger partial charge in [0.15, 0.2) is 11.9 Å². The Balaban J connectivity index is 1.59. The third-order valence-corrected chi connectivity index (χ3v) is 5.54. The summed E-state index contributed by atoms with van der Waals surface area (Å²) in [7, 11) is 0. The minimum Gasteiger partial charge on any atom is -0.492 e. The standard InChI is InChI=1S/C23H21F3O3/c1-13(2)20(27)18-8-7-17-16-6-4-3-5-14(16)11-19(17)21(18)28-10-9-15-12-29-22(15)23(24,25)26/h3-8,15,22H,1,9-12H2,2H3. The first-order chi connectivity index (χ1) is 13.8. The van der Waals surface area contributed by atoms with Gasteiger partial charge < -0.3 is 9.47 Å². The van der Waals surface area contributed by atoms with E-state index in [2.05, 4.69) is 11.3 Å². The molecule has 0 bridgehead atoms. The molecule has 1 aliphatic heterocycles. The monoisotopic (exact) mass is 402 g/mol. The lowest BCUT2D eigenvalue weighted by molar-refractivity contribution is -0.289. The van der Waals surface area contributed by atoms with E-state index in [1.54, 1.807) is 13.0 Å². The fraction of sp³-hybridized carbons (Fsp3) is 0.348. The van der Waals surface area contributed by atoms with Crippen LogP contribution in [0, 0.1) is 5.92 Å². The molecule has 0 amide bonds. The summed E-state index contributed by atoms with van der Waals surface area (Å²) in [6, 6.07) is 11.6. The Morgan fingerprint density at radius 2 is 1.97 bits per heavy atom. The number of carbonyl (C=O) groups excluding carboxylic acids is 1. The van der Waals surface area contributed by atoms with Crippen molar-refractivity contribution in [3.05, 3.63) is 65.2 Å². The van der Waals surface area contributed by atoms with Gasteiger partial charge in [0, 0.05) is 17.9 Å². The summed E-state index contributed by atoms with van der Waals surface area (Å²) in [4.78, 5) is 12.6. The summed E-state index contributed by atoms with van der Waals surface area (Å²) in [5.41, 5.74) is 4.91. The maximum Gasteiger partial charge on any atom is 0.414 e. The predicted octanol–water partition coefficient (Wildman–Crippen LogP) is 5.36. The van der Waals surface area contributed by atoms with E-state index >= 15 is 0 Å². The average Bonchev–Trinajstić information content (AvgIpc) is 3.01. The van der Waals surface area contributed by atoms with Crippen LogP contribution >= 0.6 is 0 Å². The number of fused-ring (bicyclic) bond motifs is 3. The molecular weight excluding hydrogens is 381 g/mol. The highest BCUT2D eigenvalue weighted by atomic mass is 19.4. The Hall–Kier alpha value is -2.60. The van der Waals surface area contributed by atoms with Crippen LogP contribution in [0.3, 0.4) is 0 Å². The average molecular weight is 402 g/mol. The molecule has 2 unspecified atom stereocenters. The number of allylic oxidation sites excluding steroid dienone is 1. The smallest absolute Gasteiger partial charge is 0.414 e. The van der Waals surface area contributed by atoms with Crippen LogP contribution in [-0.2, 0) is 11.2 Å². The summed E-state index contributed by atoms with van der Waals surface area (Å²) < 4.78 is 49.3. The predicted molar refractivity (Wildman–Crippen MR) is 103 cm³/mol. The van der Waals surface area contributed by atoms with Gasteiger partial charge in [-0.25, -0.2) is 0 Å². The van der Waals surface area contributed by atoms with Crippen molar-refractivity contribution in [3.8, 4) is 16.9 Å². The van der Waals surface area contributed by atoms with Gasteiger partial charge in [0.25, 0.3) is 0 Å². The van der Waals surface area contributed by atoms with Crippen LogP contribution in [0.5, 0.6) is 5.75 Å². The Labute approximate surface area is 167 Å². The van der Waals surface area contributed by atoms with E-state index in [-0.39, 0.29) is 25.4 Å². The number of hydrogen-bond acceptors (Lipinski definition) is 3. The van der Waals surface area contributed by atoms with Gasteiger partial charge in [-0.2, -0.15) is 13.2 Å². The zero-order valence-corrected chi connectivity index (χ0v) is 16.0. The van der Waals surface area contributed by atoms with Crippen molar-refractivity contribution < 1.29 is 27.4 Å². The molecule has 0 aromatic heterocycles. The van der Waals surface area contributed by atoms with E-state index in [9.17, 15) is 18.0 Å². The van der Waals surface area contributed by atoms with Crippen molar-refractivity contribution in [3.63, 3.8) is 0 Å². The summed E-state index contributed by atoms with van der Waals surface area (Å²) in [5, 5.41) is 0. The first-order valence-electron chi connectivity index (χ1n) is 9.53. The van der Waals surface area contributed by atoms with Crippen LogP contribution in [0.15, 0.2) is 48.6 Å². The molecule has 0 radical (unpaired) electrons. The van der Waals surface area contributed by atoms with Crippen molar-refractivity contribution >= 4 is 5.78 Å². The molecule has 0 spiro atoms. The van der Waals surface area contributed by atoms with Crippen LogP contribution in [0.4, 0.5) is 13.2 Å². The van der Waals surface area contributed by atoms with Crippen LogP contribution in [0.2, 0.25) is 0 Å². The summed E-state index contributed by atoms with van der Waals surface area (Å²) in [5.74, 6) is -0.390. The fourth-order valence-corrected chi connectivity index (χ4v) is 3.99. The highest BCUT2D eigenvalue weighted by molar-refractivity contribution is 6.10. The summed E-state index contributed by atoms with van der Waals surface area (Å²) in [6.07, 6.45) is -5.26. The highest BCUT2D eigenvalue weighted by Crippen LogP contribution is 2.43. The molecule has 1 aliphatic carbocycles. The first kappa shape index (κ1) is 19.7. The Morgan fingerprint density at radius 3 is 2.62 bits per heavy atom. The van der Waals surface area contributed by atoms with Crippen LogP contribution < -0.4 is 4.74 Å². The third-order valence-electron chi connectivity index (χ3n) is 5.54. The van der Waals surface area contributed by atoms with Gasteiger partial charge in [-0.3, -0.25) is 4.79 Å². The van der Waals surface area contributed by atoms with Gasteiger partial charge in [0.1, 0.15) is 5.75 Å². The molecule has 2 aromatic carbocycles. The first-order valence-corrected chi connectivity index (χ1v) is 9.53. The molecule has 1 fully saturated rings. The van der Waals surface area contributed by atoms with E-state index < -0.39 is 18.2 Å². The lowest BCUT2D eigenvalue weighted by atomic mass is 9.94. The lowest BCUT2D eigenvalue weighted by Crippen LogP contribution is -2.50. The molecule has 2 aliphatic rings. The van der Waals surface area contributed by atoms with Crippen molar-refractivity contribution in [2.24, 2.45) is 5.92 Å². The normalized spacial score (nSPS) is 19.9. The maximum absolute atomic E-state index is 12.9. The Morgan fingerprint density at radius 1 is 1.21 bits per heavy atom. The van der Waals surface area contributed by atoms with E-state index in [1.807, 2.05) is 30.3 Å². The zero-order valence-electron chi connectivity index (χ0n) is 16.0. The molecular formula is C23H21F3O3. The molecule has 152 valence electrons. The second-order valence-electron chi connectivity index (χ2n) is 7.60. The molecule has 1 heterocycles. The quantitative estimate of drug-likeness (QED) is 0.411. The van der Waals surface area contributed by atoms with Crippen LogP contribution in [0.25, 0.3) is 11.1 Å². The second kappa shape index (κ2) is 7.34. The van der Waals surface area contributed by atoms with Crippen molar-refractivity contribution in [2.45, 2.75) is 32.0 Å². The van der Waals surface area contributed by atoms with Crippen molar-refractivity contribution in [2.75, 3.05) is 13.2 Å². The summed E-state index contributed by atoms with van der Waals surface area (Å²) in [6.45, 7) is 5.52. The number of ether oxygens (including phenoxy) is 2. The van der Waals surface area contributed by atoms with Crippen molar-refractivity contribution in [1.29, 1.82) is 0 Å². The highest BCUT2D eigenvalue weighted by Gasteiger charge is 2.51. The van der Waals surface area contributed by atoms with Gasteiger partial charge in [-0.1, -0.05) is 36.9 Å². The largest absolute Gasteiger partial charge is 0.492 e. The van der Waals surface area contributed by atoms with E-state index in [4.69, 9.17) is 4.74 Å². The maximum atomic E-state index is 12.9. The Kier molecular flexibility index (Phi) is 4.99. The number of rotatable bonds is 6. The second-order valence-corrected chi connectivity index (χ2v) is 7.60. The van der Waals surface area contributed by atoms with Crippen LogP contribution in [-0.4, -0.2) is 31.3 Å². The molecule has 4 rings (SSSR count). The molecule has 29 heavy (non-hydrogen) atoms. The van der Waals surface area contributed by atoms with E-state index in [0.29, 0.717) is 23.3 Å². The number of alkyl halides is 3. The summed E-state index contributed by atoms with van der Waals surface area (Å²) >= 11 is 0. The third kappa shape index (κ3) is 3.57. The number of halogens is 3. The van der Waals surface area contributed by atoms with Gasteiger partial charge in [-0.05, 0) is 41.7 Å². The van der Waals surface area contributed by atoms with Gasteiger partial charge in [0.2, 0.25) is 0 Å². The SMILES string of the molecule is C=C(C)C(=O)c1ccc2c(c1OCCC1COC1C(F)(F)F)Cc1ccccc1-2. The molecule has 2 aromatic rings. The Bertz CT molecular complexity index is 978. The minimum atomic E-state index is -4.36. The molecule has 0 N–H and O–H groups in total. The fourth-order valence-electron chi connectivity index (χ4n) is 3.99. The van der Waals surface area contributed by atoms with Crippen LogP contribution in [0.1, 0.15) is 34.8 Å². The zero-order chi connectivity index (χ0) is 20.8. The van der Waals surface area contributed by atoms with Gasteiger partial charge in [-0.15, -0.1) is 0 Å². The topological polar surface area (TPSA) is 35.5 Å². The molecule has 1 saturated heterocycles. The number of ketones is 1. The number of Topliss-reactive ketones (excluding diaryl/α,β-unsaturated/α-hetero) is 1. The number of benzene rings is 2. The number of hydrogen-bond donors (Lipinski definition) is 0. The molecule has 0 saturated carbocycles. The van der Waals surface area contributed by atoms with Crippen molar-refractivity contribution in [1.82, 2.24) is 0 Å². The van der Waals surface area contributed by atoms with E-state index in [1.165, 1.54) is 0 Å². The van der Waals surface area contributed by atoms with Gasteiger partial charge in [0.05, 0.1) is 18.8 Å². The molecule has 2 atom stereocenters. The lowest BCUT2D eigenvalue weighted by Gasteiger charge is -2.37. The minimum absolute atomic E-state index is 0.0728.